The molecule has 0 saturated carbocycles. The Hall–Kier alpha value is -1.33. The molecule has 0 N–H and O–H groups in total. The highest BCUT2D eigenvalue weighted by atomic mass is 28.3. The molecule has 0 radical (unpaired) electrons. The predicted molar refractivity (Wildman–Crippen MR) is 131 cm³/mol. The third kappa shape index (κ3) is 4.80. The molecule has 0 aliphatic heterocycles. The lowest BCUT2D eigenvalue weighted by Gasteiger charge is -2.39. The van der Waals surface area contributed by atoms with Crippen LogP contribution in [0.4, 0.5) is 0 Å². The van der Waals surface area contributed by atoms with E-state index in [0.717, 1.165) is 18.2 Å². The Balaban J connectivity index is 2.57. The molecule has 0 saturated heterocycles. The molecule has 0 spiro atoms. The van der Waals surface area contributed by atoms with Gasteiger partial charge in [0.15, 0.2) is 0 Å². The maximum atomic E-state index is 6.39. The van der Waals surface area contributed by atoms with Crippen LogP contribution in [0.1, 0.15) is 45.2 Å². The fourth-order valence-corrected chi connectivity index (χ4v) is 8.80. The summed E-state index contributed by atoms with van der Waals surface area (Å²) >= 11 is 0. The minimum Gasteiger partial charge on any atom is -0.489 e. The molecule has 0 bridgehead atoms. The van der Waals surface area contributed by atoms with Crippen molar-refractivity contribution in [1.82, 2.24) is 0 Å². The molecule has 1 aromatic carbocycles. The topological polar surface area (TPSA) is 9.23 Å². The standard InChI is InChI=1S/C25H40OSi2/c1-11-14-26-24-21(18-27(7,8)22-13-12-19(2)16-22)15-20(3)17-23(24)28(9,10)25(4,5)6/h11-12,15-17H,1,13-14,18H2,2-10H3. The van der Waals surface area contributed by atoms with Gasteiger partial charge < -0.3 is 4.74 Å². The van der Waals surface area contributed by atoms with Crippen molar-refractivity contribution in [2.45, 2.75) is 78.3 Å². The van der Waals surface area contributed by atoms with E-state index in [1.54, 1.807) is 5.20 Å². The first-order valence-electron chi connectivity index (χ1n) is 10.5. The first-order valence-corrected chi connectivity index (χ1v) is 16.8. The molecule has 154 valence electrons. The highest BCUT2D eigenvalue weighted by Gasteiger charge is 2.40. The molecule has 1 nitrogen and oxygen atoms in total. The van der Waals surface area contributed by atoms with Crippen molar-refractivity contribution in [1.29, 1.82) is 0 Å². The number of hydrogen-bond acceptors (Lipinski definition) is 1. The van der Waals surface area contributed by atoms with Crippen LogP contribution in [0.15, 0.2) is 47.7 Å². The zero-order valence-electron chi connectivity index (χ0n) is 19.6. The summed E-state index contributed by atoms with van der Waals surface area (Å²) in [4.78, 5) is 0. The van der Waals surface area contributed by atoms with Crippen LogP contribution in [0.25, 0.3) is 0 Å². The average Bonchev–Trinajstić information content (AvgIpc) is 2.99. The lowest BCUT2D eigenvalue weighted by atomic mass is 10.1. The SMILES string of the molecule is C=CCOc1c(C[Si](C)(C)C2=CC(C)=CC2)cc(C)cc1[Si](C)(C)C(C)(C)C. The van der Waals surface area contributed by atoms with E-state index in [0.29, 0.717) is 6.61 Å². The van der Waals surface area contributed by atoms with Gasteiger partial charge in [-0.15, -0.1) is 0 Å². The highest BCUT2D eigenvalue weighted by Crippen LogP contribution is 2.39. The van der Waals surface area contributed by atoms with Crippen molar-refractivity contribution >= 4 is 21.3 Å². The second-order valence-corrected chi connectivity index (χ2v) is 20.7. The van der Waals surface area contributed by atoms with Crippen molar-refractivity contribution in [2.24, 2.45) is 0 Å². The summed E-state index contributed by atoms with van der Waals surface area (Å²) in [6.07, 6.45) is 7.81. The number of allylic oxidation sites excluding steroid dienone is 4. The summed E-state index contributed by atoms with van der Waals surface area (Å²) in [5.41, 5.74) is 4.19. The van der Waals surface area contributed by atoms with Gasteiger partial charge in [0.05, 0.1) is 16.1 Å². The van der Waals surface area contributed by atoms with Crippen LogP contribution in [0, 0.1) is 6.92 Å². The second kappa shape index (κ2) is 8.19. The summed E-state index contributed by atoms with van der Waals surface area (Å²) in [7, 11) is -3.28. The van der Waals surface area contributed by atoms with Gasteiger partial charge in [0.2, 0.25) is 0 Å². The summed E-state index contributed by atoms with van der Waals surface area (Å²) in [6, 6.07) is 5.91. The summed E-state index contributed by atoms with van der Waals surface area (Å²) in [5.74, 6) is 1.15. The van der Waals surface area contributed by atoms with Crippen LogP contribution in [0.2, 0.25) is 31.2 Å². The molecule has 0 fully saturated rings. The van der Waals surface area contributed by atoms with Crippen LogP contribution in [-0.2, 0) is 6.04 Å². The lowest BCUT2D eigenvalue weighted by molar-refractivity contribution is 0.362. The van der Waals surface area contributed by atoms with Crippen molar-refractivity contribution in [3.63, 3.8) is 0 Å². The molecule has 0 aromatic heterocycles. The number of rotatable bonds is 7. The largest absolute Gasteiger partial charge is 0.489 e. The van der Waals surface area contributed by atoms with Gasteiger partial charge in [-0.05, 0) is 42.1 Å². The molecular formula is C25H40OSi2. The average molecular weight is 413 g/mol. The Kier molecular flexibility index (Phi) is 6.72. The molecule has 0 heterocycles. The molecule has 0 atom stereocenters. The van der Waals surface area contributed by atoms with Crippen LogP contribution in [-0.4, -0.2) is 22.8 Å². The predicted octanol–water partition coefficient (Wildman–Crippen LogP) is 6.88. The summed E-state index contributed by atoms with van der Waals surface area (Å²) in [5, 5.41) is 3.40. The molecule has 1 aromatic rings. The van der Waals surface area contributed by atoms with Crippen LogP contribution in [0.3, 0.4) is 0 Å². The van der Waals surface area contributed by atoms with Crippen LogP contribution in [0.5, 0.6) is 5.75 Å². The van der Waals surface area contributed by atoms with E-state index in [1.807, 2.05) is 6.08 Å². The second-order valence-electron chi connectivity index (χ2n) is 10.7. The van der Waals surface area contributed by atoms with Crippen molar-refractivity contribution < 1.29 is 4.74 Å². The molecule has 0 unspecified atom stereocenters. The van der Waals surface area contributed by atoms with E-state index in [9.17, 15) is 0 Å². The van der Waals surface area contributed by atoms with E-state index in [-0.39, 0.29) is 5.04 Å². The Bertz CT molecular complexity index is 805. The maximum Gasteiger partial charge on any atom is 0.121 e. The fraction of sp³-hybridized carbons (Fsp3) is 0.520. The smallest absolute Gasteiger partial charge is 0.121 e. The van der Waals surface area contributed by atoms with Crippen LogP contribution < -0.4 is 9.92 Å². The molecule has 28 heavy (non-hydrogen) atoms. The Morgan fingerprint density at radius 2 is 1.75 bits per heavy atom. The Morgan fingerprint density at radius 1 is 1.11 bits per heavy atom. The fourth-order valence-electron chi connectivity index (χ4n) is 3.89. The molecule has 2 rings (SSSR count). The van der Waals surface area contributed by atoms with E-state index >= 15 is 0 Å². The lowest BCUT2D eigenvalue weighted by Crippen LogP contribution is -2.50. The minimum absolute atomic E-state index is 0.270. The van der Waals surface area contributed by atoms with Gasteiger partial charge in [0.1, 0.15) is 12.4 Å². The van der Waals surface area contributed by atoms with E-state index < -0.39 is 16.1 Å². The Morgan fingerprint density at radius 3 is 2.25 bits per heavy atom. The van der Waals surface area contributed by atoms with Gasteiger partial charge in [-0.3, -0.25) is 0 Å². The summed E-state index contributed by atoms with van der Waals surface area (Å²) < 4.78 is 6.39. The third-order valence-corrected chi connectivity index (χ3v) is 15.6. The van der Waals surface area contributed by atoms with E-state index in [4.69, 9.17) is 4.74 Å². The van der Waals surface area contributed by atoms with Gasteiger partial charge in [0.25, 0.3) is 0 Å². The highest BCUT2D eigenvalue weighted by molar-refractivity contribution is 6.92. The van der Waals surface area contributed by atoms with E-state index in [1.165, 1.54) is 21.9 Å². The van der Waals surface area contributed by atoms with Gasteiger partial charge in [-0.1, -0.05) is 100 Å². The van der Waals surface area contributed by atoms with Gasteiger partial charge in [-0.2, -0.15) is 0 Å². The first-order chi connectivity index (χ1) is 12.8. The molecule has 0 amide bonds. The van der Waals surface area contributed by atoms with Crippen molar-refractivity contribution in [3.05, 3.63) is 58.8 Å². The first kappa shape index (κ1) is 23.0. The third-order valence-electron chi connectivity index (χ3n) is 6.75. The number of ether oxygens (including phenoxy) is 1. The van der Waals surface area contributed by atoms with Gasteiger partial charge in [0, 0.05) is 0 Å². The molecule has 3 heteroatoms. The quantitative estimate of drug-likeness (QED) is 0.350. The van der Waals surface area contributed by atoms with Gasteiger partial charge >= 0.3 is 0 Å². The summed E-state index contributed by atoms with van der Waals surface area (Å²) in [6.45, 7) is 26.1. The van der Waals surface area contributed by atoms with Crippen LogP contribution >= 0.6 is 0 Å². The van der Waals surface area contributed by atoms with Gasteiger partial charge in [-0.25, -0.2) is 0 Å². The molecule has 1 aliphatic carbocycles. The van der Waals surface area contributed by atoms with Crippen molar-refractivity contribution in [3.8, 4) is 5.75 Å². The zero-order valence-corrected chi connectivity index (χ0v) is 21.6. The molecular weight excluding hydrogens is 372 g/mol. The number of hydrogen-bond donors (Lipinski definition) is 0. The Labute approximate surface area is 175 Å². The number of aryl methyl sites for hydroxylation is 1. The van der Waals surface area contributed by atoms with Crippen molar-refractivity contribution in [2.75, 3.05) is 6.61 Å². The normalized spacial score (nSPS) is 15.3. The monoisotopic (exact) mass is 412 g/mol. The van der Waals surface area contributed by atoms with E-state index in [2.05, 4.69) is 91.7 Å². The zero-order chi connectivity index (χ0) is 21.3. The maximum absolute atomic E-state index is 6.39. The minimum atomic E-state index is -1.72. The number of benzene rings is 1. The molecule has 1 aliphatic rings.